The molecule has 1 atom stereocenters. The Labute approximate surface area is 124 Å². The number of imidazole rings is 1. The smallest absolute Gasteiger partial charge is 0.158 e. The molecular formula is C14H23ClN4O. The Kier molecular flexibility index (Phi) is 5.05. The van der Waals surface area contributed by atoms with Gasteiger partial charge in [-0.1, -0.05) is 6.92 Å². The average molecular weight is 299 g/mol. The summed E-state index contributed by atoms with van der Waals surface area (Å²) < 4.78 is 9.40. The van der Waals surface area contributed by atoms with E-state index in [9.17, 15) is 0 Å². The van der Waals surface area contributed by atoms with Crippen LogP contribution < -0.4 is 0 Å². The summed E-state index contributed by atoms with van der Waals surface area (Å²) in [7, 11) is 3.71. The molecule has 0 N–H and O–H groups in total. The number of ether oxygens (including phenoxy) is 1. The fourth-order valence-electron chi connectivity index (χ4n) is 2.63. The summed E-state index contributed by atoms with van der Waals surface area (Å²) in [6.45, 7) is 5.03. The van der Waals surface area contributed by atoms with E-state index < -0.39 is 0 Å². The first-order valence-corrected chi connectivity index (χ1v) is 7.65. The Hall–Kier alpha value is -1.07. The maximum Gasteiger partial charge on any atom is 0.158 e. The second-order valence-corrected chi connectivity index (χ2v) is 5.44. The van der Waals surface area contributed by atoms with Gasteiger partial charge in [-0.05, 0) is 19.8 Å². The van der Waals surface area contributed by atoms with Crippen LogP contribution in [0.2, 0.25) is 0 Å². The largest absolute Gasteiger partial charge is 0.385 e. The van der Waals surface area contributed by atoms with E-state index in [0.717, 1.165) is 48.6 Å². The molecule has 0 aliphatic rings. The summed E-state index contributed by atoms with van der Waals surface area (Å²) in [6, 6.07) is 0.318. The van der Waals surface area contributed by atoms with Crippen molar-refractivity contribution in [2.75, 3.05) is 19.6 Å². The van der Waals surface area contributed by atoms with E-state index in [2.05, 4.69) is 23.5 Å². The van der Waals surface area contributed by atoms with E-state index in [4.69, 9.17) is 21.3 Å². The number of alkyl halides is 1. The van der Waals surface area contributed by atoms with Crippen LogP contribution in [0, 0.1) is 0 Å². The number of halogens is 1. The van der Waals surface area contributed by atoms with Crippen LogP contribution in [0.15, 0.2) is 0 Å². The molecule has 6 heteroatoms. The van der Waals surface area contributed by atoms with Gasteiger partial charge in [-0.3, -0.25) is 4.68 Å². The van der Waals surface area contributed by atoms with E-state index in [1.165, 1.54) is 0 Å². The zero-order valence-corrected chi connectivity index (χ0v) is 13.4. The summed E-state index contributed by atoms with van der Waals surface area (Å²) in [5.41, 5.74) is 3.15. The summed E-state index contributed by atoms with van der Waals surface area (Å²) in [6.07, 6.45) is 2.61. The van der Waals surface area contributed by atoms with Crippen LogP contribution in [0.25, 0.3) is 11.2 Å². The van der Waals surface area contributed by atoms with Crippen LogP contribution in [0.4, 0.5) is 0 Å². The molecule has 0 amide bonds. The summed E-state index contributed by atoms with van der Waals surface area (Å²) in [5.74, 6) is 1.62. The molecule has 2 aromatic heterocycles. The van der Waals surface area contributed by atoms with Gasteiger partial charge < -0.3 is 9.30 Å². The maximum atomic E-state index is 5.92. The van der Waals surface area contributed by atoms with Gasteiger partial charge in [0.1, 0.15) is 11.3 Å². The molecule has 0 fully saturated rings. The molecule has 0 aliphatic carbocycles. The highest BCUT2D eigenvalue weighted by atomic mass is 35.5. The molecule has 0 aromatic carbocycles. The fourth-order valence-corrected chi connectivity index (χ4v) is 2.80. The Morgan fingerprint density at radius 1 is 1.40 bits per heavy atom. The number of aromatic nitrogens is 4. The number of methoxy groups -OCH3 is 1. The minimum absolute atomic E-state index is 0.318. The highest BCUT2D eigenvalue weighted by molar-refractivity contribution is 6.17. The highest BCUT2D eigenvalue weighted by Gasteiger charge is 2.21. The van der Waals surface area contributed by atoms with Gasteiger partial charge in [0.15, 0.2) is 5.65 Å². The monoisotopic (exact) mass is 298 g/mol. The molecule has 0 radical (unpaired) electrons. The van der Waals surface area contributed by atoms with Crippen molar-refractivity contribution in [3.63, 3.8) is 0 Å². The zero-order chi connectivity index (χ0) is 14.7. The number of hydrogen-bond acceptors (Lipinski definition) is 3. The van der Waals surface area contributed by atoms with Crippen molar-refractivity contribution >= 4 is 22.8 Å². The first kappa shape index (κ1) is 15.3. The predicted molar refractivity (Wildman–Crippen MR) is 81.5 cm³/mol. The van der Waals surface area contributed by atoms with Crippen molar-refractivity contribution in [1.82, 2.24) is 19.3 Å². The normalized spacial score (nSPS) is 13.2. The van der Waals surface area contributed by atoms with Crippen molar-refractivity contribution < 1.29 is 4.74 Å². The van der Waals surface area contributed by atoms with Crippen LogP contribution in [-0.4, -0.2) is 38.9 Å². The van der Waals surface area contributed by atoms with Crippen LogP contribution in [0.5, 0.6) is 0 Å². The van der Waals surface area contributed by atoms with E-state index in [-0.39, 0.29) is 0 Å². The van der Waals surface area contributed by atoms with Crippen molar-refractivity contribution in [3.05, 3.63) is 11.5 Å². The minimum Gasteiger partial charge on any atom is -0.385 e. The Morgan fingerprint density at radius 2 is 2.15 bits per heavy atom. The lowest BCUT2D eigenvalue weighted by molar-refractivity contribution is 0.181. The molecular weight excluding hydrogens is 276 g/mol. The molecule has 2 aromatic rings. The van der Waals surface area contributed by atoms with Crippen LogP contribution in [0.1, 0.15) is 37.8 Å². The van der Waals surface area contributed by atoms with Crippen molar-refractivity contribution in [2.24, 2.45) is 7.05 Å². The van der Waals surface area contributed by atoms with Crippen LogP contribution in [0.3, 0.4) is 0 Å². The molecule has 0 saturated carbocycles. The van der Waals surface area contributed by atoms with Gasteiger partial charge in [-0.25, -0.2) is 4.98 Å². The first-order chi connectivity index (χ1) is 9.63. The number of fused-ring (bicyclic) bond motifs is 1. The van der Waals surface area contributed by atoms with Crippen molar-refractivity contribution in [2.45, 2.75) is 39.2 Å². The Bertz CT molecular complexity index is 575. The standard InChI is InChI=1S/C14H23ClN4O/c1-5-11-13-14(18(3)17-11)19(10(2)7-9-20-4)12(16-13)6-8-15/h10H,5-9H2,1-4H3. The van der Waals surface area contributed by atoms with Gasteiger partial charge in [-0.2, -0.15) is 5.10 Å². The molecule has 0 spiro atoms. The molecule has 2 heterocycles. The van der Waals surface area contributed by atoms with Gasteiger partial charge >= 0.3 is 0 Å². The summed E-state index contributed by atoms with van der Waals surface area (Å²) >= 11 is 5.92. The molecule has 0 aliphatic heterocycles. The maximum absolute atomic E-state index is 5.92. The third kappa shape index (κ3) is 2.69. The van der Waals surface area contributed by atoms with Crippen molar-refractivity contribution in [3.8, 4) is 0 Å². The minimum atomic E-state index is 0.318. The van der Waals surface area contributed by atoms with E-state index in [0.29, 0.717) is 11.9 Å². The Balaban J connectivity index is 2.52. The summed E-state index contributed by atoms with van der Waals surface area (Å²) in [5, 5.41) is 4.56. The first-order valence-electron chi connectivity index (χ1n) is 7.11. The summed E-state index contributed by atoms with van der Waals surface area (Å²) in [4.78, 5) is 4.78. The topological polar surface area (TPSA) is 44.9 Å². The molecule has 112 valence electrons. The van der Waals surface area contributed by atoms with Gasteiger partial charge in [0.25, 0.3) is 0 Å². The van der Waals surface area contributed by atoms with E-state index in [1.807, 2.05) is 11.7 Å². The molecule has 0 bridgehead atoms. The molecule has 20 heavy (non-hydrogen) atoms. The van der Waals surface area contributed by atoms with Crippen LogP contribution in [-0.2, 0) is 24.6 Å². The van der Waals surface area contributed by atoms with Gasteiger partial charge in [0.2, 0.25) is 0 Å². The third-order valence-corrected chi connectivity index (χ3v) is 3.83. The lowest BCUT2D eigenvalue weighted by Crippen LogP contribution is -2.14. The van der Waals surface area contributed by atoms with Crippen molar-refractivity contribution in [1.29, 1.82) is 0 Å². The van der Waals surface area contributed by atoms with Gasteiger partial charge in [0.05, 0.1) is 5.69 Å². The predicted octanol–water partition coefficient (Wildman–Crippen LogP) is 2.71. The molecule has 1 unspecified atom stereocenters. The number of rotatable bonds is 7. The third-order valence-electron chi connectivity index (χ3n) is 3.64. The zero-order valence-electron chi connectivity index (χ0n) is 12.7. The number of hydrogen-bond donors (Lipinski definition) is 0. The quantitative estimate of drug-likeness (QED) is 0.738. The molecule has 0 saturated heterocycles. The lowest BCUT2D eigenvalue weighted by Gasteiger charge is -2.17. The number of nitrogens with zero attached hydrogens (tertiary/aromatic N) is 4. The van der Waals surface area contributed by atoms with Gasteiger partial charge in [-0.15, -0.1) is 11.6 Å². The van der Waals surface area contributed by atoms with E-state index >= 15 is 0 Å². The van der Waals surface area contributed by atoms with Crippen LogP contribution >= 0.6 is 11.6 Å². The average Bonchev–Trinajstić information content (AvgIpc) is 2.94. The van der Waals surface area contributed by atoms with E-state index in [1.54, 1.807) is 7.11 Å². The lowest BCUT2D eigenvalue weighted by atomic mass is 10.2. The highest BCUT2D eigenvalue weighted by Crippen LogP contribution is 2.26. The number of aryl methyl sites for hydroxylation is 3. The Morgan fingerprint density at radius 3 is 2.75 bits per heavy atom. The molecule has 5 nitrogen and oxygen atoms in total. The second kappa shape index (κ2) is 6.59. The SMILES string of the molecule is CCc1nn(C)c2c1nc(CCCl)n2C(C)CCOC. The second-order valence-electron chi connectivity index (χ2n) is 5.06. The van der Waals surface area contributed by atoms with Gasteiger partial charge in [0, 0.05) is 39.1 Å². The molecule has 2 rings (SSSR count). The fraction of sp³-hybridized carbons (Fsp3) is 0.714.